The molecule has 0 amide bonds. The summed E-state index contributed by atoms with van der Waals surface area (Å²) in [5.74, 6) is -1.69. The molecule has 2 heterocycles. The van der Waals surface area contributed by atoms with Crippen LogP contribution in [0.5, 0.6) is 0 Å². The Bertz CT molecular complexity index is 378. The lowest BCUT2D eigenvalue weighted by Gasteiger charge is -2.23. The van der Waals surface area contributed by atoms with Crippen molar-refractivity contribution in [1.29, 1.82) is 0 Å². The quantitative estimate of drug-likeness (QED) is 0.687. The predicted molar refractivity (Wildman–Crippen MR) is 60.9 cm³/mol. The Morgan fingerprint density at radius 2 is 1.84 bits per heavy atom. The van der Waals surface area contributed by atoms with Gasteiger partial charge in [-0.2, -0.15) is 0 Å². The van der Waals surface area contributed by atoms with Crippen molar-refractivity contribution in [2.75, 3.05) is 7.11 Å². The van der Waals surface area contributed by atoms with Gasteiger partial charge in [-0.3, -0.25) is 9.59 Å². The molecule has 4 atom stereocenters. The Balaban J connectivity index is 2.10. The Morgan fingerprint density at radius 1 is 1.21 bits per heavy atom. The fraction of sp³-hybridized carbons (Fsp3) is 0.833. The highest BCUT2D eigenvalue weighted by molar-refractivity contribution is 5.70. The van der Waals surface area contributed by atoms with Gasteiger partial charge in [0.1, 0.15) is 12.2 Å². The Kier molecular flexibility index (Phi) is 3.80. The van der Waals surface area contributed by atoms with E-state index in [4.69, 9.17) is 18.9 Å². The molecule has 0 radical (unpaired) electrons. The van der Waals surface area contributed by atoms with Gasteiger partial charge in [0.15, 0.2) is 11.9 Å². The molecule has 7 heteroatoms. The van der Waals surface area contributed by atoms with Crippen molar-refractivity contribution in [3.63, 3.8) is 0 Å². The summed E-state index contributed by atoms with van der Waals surface area (Å²) in [6, 6.07) is 0. The van der Waals surface area contributed by atoms with E-state index in [2.05, 4.69) is 4.74 Å². The summed E-state index contributed by atoms with van der Waals surface area (Å²) in [5.41, 5.74) is 0. The molecule has 0 spiro atoms. The van der Waals surface area contributed by atoms with Gasteiger partial charge in [-0.05, 0) is 13.8 Å². The van der Waals surface area contributed by atoms with Crippen molar-refractivity contribution in [2.45, 2.75) is 57.6 Å². The van der Waals surface area contributed by atoms with Gasteiger partial charge in [-0.15, -0.1) is 0 Å². The van der Waals surface area contributed by atoms with Crippen LogP contribution in [0.4, 0.5) is 0 Å². The van der Waals surface area contributed by atoms with Crippen LogP contribution in [0.2, 0.25) is 0 Å². The highest BCUT2D eigenvalue weighted by atomic mass is 16.8. The topological polar surface area (TPSA) is 80.3 Å². The lowest BCUT2D eigenvalue weighted by atomic mass is 10.1. The van der Waals surface area contributed by atoms with Crippen molar-refractivity contribution in [3.8, 4) is 0 Å². The molecule has 108 valence electrons. The Labute approximate surface area is 111 Å². The maximum Gasteiger partial charge on any atom is 0.308 e. The van der Waals surface area contributed by atoms with E-state index < -0.39 is 42.3 Å². The summed E-state index contributed by atoms with van der Waals surface area (Å²) in [6.07, 6.45) is -2.39. The van der Waals surface area contributed by atoms with Crippen LogP contribution in [0.3, 0.4) is 0 Å². The first kappa shape index (κ1) is 14.2. The first-order chi connectivity index (χ1) is 8.82. The maximum absolute atomic E-state index is 11.3. The summed E-state index contributed by atoms with van der Waals surface area (Å²) >= 11 is 0. The zero-order valence-corrected chi connectivity index (χ0v) is 11.4. The minimum atomic E-state index is -0.862. The van der Waals surface area contributed by atoms with Gasteiger partial charge in [0.25, 0.3) is 0 Å². The monoisotopic (exact) mass is 274 g/mol. The molecule has 1 unspecified atom stereocenters. The van der Waals surface area contributed by atoms with Crippen molar-refractivity contribution in [2.24, 2.45) is 0 Å². The van der Waals surface area contributed by atoms with Crippen LogP contribution in [0.15, 0.2) is 0 Å². The molecule has 0 saturated carbocycles. The average molecular weight is 274 g/mol. The normalized spacial score (nSPS) is 35.8. The average Bonchev–Trinajstić information content (AvgIpc) is 2.74. The second-order valence-electron chi connectivity index (χ2n) is 5.00. The third-order valence-electron chi connectivity index (χ3n) is 2.98. The number of ether oxygens (including phenoxy) is 5. The van der Waals surface area contributed by atoms with Crippen molar-refractivity contribution < 1.29 is 33.3 Å². The number of fused-ring (bicyclic) bond motifs is 1. The number of hydrogen-bond acceptors (Lipinski definition) is 7. The van der Waals surface area contributed by atoms with Gasteiger partial charge in [-0.25, -0.2) is 0 Å². The number of methoxy groups -OCH3 is 1. The molecule has 0 N–H and O–H groups in total. The minimum absolute atomic E-state index is 0.0227. The molecule has 2 saturated heterocycles. The van der Waals surface area contributed by atoms with Crippen LogP contribution >= 0.6 is 0 Å². The number of carbonyl (C=O) groups excluding carboxylic acids is 2. The van der Waals surface area contributed by atoms with E-state index in [9.17, 15) is 9.59 Å². The van der Waals surface area contributed by atoms with Crippen LogP contribution in [0.1, 0.15) is 27.2 Å². The molecule has 2 aliphatic heterocycles. The molecule has 2 fully saturated rings. The Morgan fingerprint density at radius 3 is 2.42 bits per heavy atom. The Hall–Kier alpha value is -1.18. The van der Waals surface area contributed by atoms with Gasteiger partial charge in [0, 0.05) is 6.92 Å². The number of carbonyl (C=O) groups is 2. The van der Waals surface area contributed by atoms with E-state index in [-0.39, 0.29) is 6.42 Å². The van der Waals surface area contributed by atoms with E-state index in [1.165, 1.54) is 14.0 Å². The first-order valence-corrected chi connectivity index (χ1v) is 6.07. The lowest BCUT2D eigenvalue weighted by molar-refractivity contribution is -0.231. The standard InChI is InChI=1S/C12H18O7/c1-6(13)16-11-10-9(18-12(2,3)19-10)7(17-11)5-8(14)15-4/h7,9-11H,5H2,1-4H3/t7-,9-,10-,11?/m1/s1. The zero-order valence-electron chi connectivity index (χ0n) is 11.4. The highest BCUT2D eigenvalue weighted by Crippen LogP contribution is 2.40. The van der Waals surface area contributed by atoms with Gasteiger partial charge >= 0.3 is 11.9 Å². The third-order valence-corrected chi connectivity index (χ3v) is 2.98. The van der Waals surface area contributed by atoms with Crippen LogP contribution in [0, 0.1) is 0 Å². The second kappa shape index (κ2) is 5.07. The fourth-order valence-electron chi connectivity index (χ4n) is 2.31. The summed E-state index contributed by atoms with van der Waals surface area (Å²) in [6.45, 7) is 4.80. The molecule has 0 aromatic heterocycles. The highest BCUT2D eigenvalue weighted by Gasteiger charge is 2.57. The van der Waals surface area contributed by atoms with Crippen molar-refractivity contribution in [1.82, 2.24) is 0 Å². The van der Waals surface area contributed by atoms with Gasteiger partial charge < -0.3 is 23.7 Å². The molecule has 2 rings (SSSR count). The maximum atomic E-state index is 11.3. The van der Waals surface area contributed by atoms with Gasteiger partial charge in [-0.1, -0.05) is 0 Å². The molecule has 0 aromatic carbocycles. The molecule has 0 aromatic rings. The van der Waals surface area contributed by atoms with E-state index in [1.807, 2.05) is 0 Å². The van der Waals surface area contributed by atoms with Gasteiger partial charge in [0.2, 0.25) is 6.29 Å². The van der Waals surface area contributed by atoms with Crippen molar-refractivity contribution >= 4 is 11.9 Å². The van der Waals surface area contributed by atoms with Crippen LogP contribution < -0.4 is 0 Å². The number of rotatable bonds is 3. The molecule has 0 aliphatic carbocycles. The summed E-state index contributed by atoms with van der Waals surface area (Å²) in [4.78, 5) is 22.4. The molecule has 2 aliphatic rings. The van der Waals surface area contributed by atoms with E-state index in [1.54, 1.807) is 13.8 Å². The van der Waals surface area contributed by atoms with Crippen molar-refractivity contribution in [3.05, 3.63) is 0 Å². The second-order valence-corrected chi connectivity index (χ2v) is 5.00. The molecule has 19 heavy (non-hydrogen) atoms. The molecule has 7 nitrogen and oxygen atoms in total. The summed E-state index contributed by atoms with van der Waals surface area (Å²) < 4.78 is 26.5. The SMILES string of the molecule is COC(=O)C[C@H]1OC(OC(C)=O)[C@@H]2OC(C)(C)O[C@H]12. The smallest absolute Gasteiger partial charge is 0.308 e. The van der Waals surface area contributed by atoms with Crippen LogP contribution in [-0.4, -0.2) is 49.4 Å². The number of hydrogen-bond donors (Lipinski definition) is 0. The predicted octanol–water partition coefficient (Wildman–Crippen LogP) is 0.358. The molecule has 0 bridgehead atoms. The fourth-order valence-corrected chi connectivity index (χ4v) is 2.31. The molecular formula is C12H18O7. The van der Waals surface area contributed by atoms with E-state index >= 15 is 0 Å². The lowest BCUT2D eigenvalue weighted by Crippen LogP contribution is -2.32. The third kappa shape index (κ3) is 3.05. The summed E-state index contributed by atoms with van der Waals surface area (Å²) in [5, 5.41) is 0. The van der Waals surface area contributed by atoms with Crippen LogP contribution in [0.25, 0.3) is 0 Å². The first-order valence-electron chi connectivity index (χ1n) is 6.07. The molecular weight excluding hydrogens is 256 g/mol. The van der Waals surface area contributed by atoms with Crippen LogP contribution in [-0.2, 0) is 33.3 Å². The largest absolute Gasteiger partial charge is 0.469 e. The van der Waals surface area contributed by atoms with E-state index in [0.717, 1.165) is 0 Å². The minimum Gasteiger partial charge on any atom is -0.469 e. The van der Waals surface area contributed by atoms with E-state index in [0.29, 0.717) is 0 Å². The van der Waals surface area contributed by atoms with Gasteiger partial charge in [0.05, 0.1) is 13.5 Å². The summed E-state index contributed by atoms with van der Waals surface area (Å²) in [7, 11) is 1.30. The zero-order chi connectivity index (χ0) is 14.2. The number of esters is 2.